The van der Waals surface area contributed by atoms with Crippen LogP contribution in [0.2, 0.25) is 0 Å². The van der Waals surface area contributed by atoms with Gasteiger partial charge in [-0.05, 0) is 55.3 Å². The standard InChI is InChI=1S/C23H28N2O2/c1-24-12-11-23(16-24)14-19-5-3-4-6-20(19)15-25(17-23)22(26)13-18-7-9-21(27-2)10-8-18/h3-10H,11-17H2,1-2H3. The highest BCUT2D eigenvalue weighted by molar-refractivity contribution is 5.79. The van der Waals surface area contributed by atoms with Crippen molar-refractivity contribution in [1.29, 1.82) is 0 Å². The molecule has 27 heavy (non-hydrogen) atoms. The van der Waals surface area contributed by atoms with Gasteiger partial charge in [0, 0.05) is 25.0 Å². The van der Waals surface area contributed by atoms with Crippen LogP contribution in [-0.4, -0.2) is 49.5 Å². The summed E-state index contributed by atoms with van der Waals surface area (Å²) in [6.45, 7) is 3.74. The molecule has 0 aliphatic carbocycles. The van der Waals surface area contributed by atoms with Crippen LogP contribution in [0.3, 0.4) is 0 Å². The summed E-state index contributed by atoms with van der Waals surface area (Å²) >= 11 is 0. The van der Waals surface area contributed by atoms with Crippen molar-refractivity contribution in [3.8, 4) is 5.75 Å². The summed E-state index contributed by atoms with van der Waals surface area (Å²) in [7, 11) is 3.85. The first-order chi connectivity index (χ1) is 13.1. The number of ether oxygens (including phenoxy) is 1. The van der Waals surface area contributed by atoms with E-state index in [0.29, 0.717) is 6.42 Å². The molecular weight excluding hydrogens is 336 g/mol. The smallest absolute Gasteiger partial charge is 0.227 e. The van der Waals surface area contributed by atoms with Crippen molar-refractivity contribution in [3.05, 3.63) is 65.2 Å². The molecule has 2 aliphatic heterocycles. The van der Waals surface area contributed by atoms with Gasteiger partial charge in [-0.25, -0.2) is 0 Å². The molecule has 4 nitrogen and oxygen atoms in total. The molecule has 1 saturated heterocycles. The highest BCUT2D eigenvalue weighted by Gasteiger charge is 2.41. The molecule has 0 bridgehead atoms. The van der Waals surface area contributed by atoms with Crippen LogP contribution in [0, 0.1) is 5.41 Å². The van der Waals surface area contributed by atoms with Crippen LogP contribution in [0.25, 0.3) is 0 Å². The summed E-state index contributed by atoms with van der Waals surface area (Å²) in [5, 5.41) is 0. The van der Waals surface area contributed by atoms with Crippen LogP contribution in [0.1, 0.15) is 23.1 Å². The van der Waals surface area contributed by atoms with E-state index in [-0.39, 0.29) is 11.3 Å². The number of hydrogen-bond acceptors (Lipinski definition) is 3. The van der Waals surface area contributed by atoms with E-state index < -0.39 is 0 Å². The number of methoxy groups -OCH3 is 1. The van der Waals surface area contributed by atoms with E-state index in [1.54, 1.807) is 7.11 Å². The lowest BCUT2D eigenvalue weighted by atomic mass is 9.80. The van der Waals surface area contributed by atoms with Crippen LogP contribution >= 0.6 is 0 Å². The molecule has 142 valence electrons. The maximum absolute atomic E-state index is 13.2. The van der Waals surface area contributed by atoms with Gasteiger partial charge in [0.2, 0.25) is 5.91 Å². The third-order valence-electron chi connectivity index (χ3n) is 6.07. The normalized spacial score (nSPS) is 22.5. The second-order valence-corrected chi connectivity index (χ2v) is 8.21. The van der Waals surface area contributed by atoms with Crippen molar-refractivity contribution in [3.63, 3.8) is 0 Å². The molecule has 0 radical (unpaired) electrons. The molecule has 4 heteroatoms. The average molecular weight is 364 g/mol. The Balaban J connectivity index is 1.57. The molecule has 2 aliphatic rings. The Morgan fingerprint density at radius 1 is 1.07 bits per heavy atom. The number of likely N-dealkylation sites (tertiary alicyclic amines) is 1. The SMILES string of the molecule is COc1ccc(CC(=O)N2Cc3ccccc3CC3(CCN(C)C3)C2)cc1. The number of benzene rings is 2. The van der Waals surface area contributed by atoms with Gasteiger partial charge in [-0.1, -0.05) is 36.4 Å². The first kappa shape index (κ1) is 18.1. The van der Waals surface area contributed by atoms with Gasteiger partial charge >= 0.3 is 0 Å². The van der Waals surface area contributed by atoms with E-state index in [1.165, 1.54) is 11.1 Å². The van der Waals surface area contributed by atoms with Crippen molar-refractivity contribution in [2.75, 3.05) is 33.8 Å². The first-order valence-electron chi connectivity index (χ1n) is 9.73. The molecule has 1 fully saturated rings. The van der Waals surface area contributed by atoms with Crippen LogP contribution in [-0.2, 0) is 24.2 Å². The van der Waals surface area contributed by atoms with Crippen molar-refractivity contribution in [2.45, 2.75) is 25.8 Å². The van der Waals surface area contributed by atoms with Crippen LogP contribution in [0.5, 0.6) is 5.75 Å². The Bertz CT molecular complexity index is 817. The third-order valence-corrected chi connectivity index (χ3v) is 6.07. The minimum atomic E-state index is 0.178. The molecule has 1 spiro atoms. The summed E-state index contributed by atoms with van der Waals surface area (Å²) in [6.07, 6.45) is 2.67. The fourth-order valence-corrected chi connectivity index (χ4v) is 4.65. The predicted octanol–water partition coefficient (Wildman–Crippen LogP) is 3.14. The van der Waals surface area contributed by atoms with E-state index in [4.69, 9.17) is 4.74 Å². The fraction of sp³-hybridized carbons (Fsp3) is 0.435. The molecule has 2 aromatic carbocycles. The quantitative estimate of drug-likeness (QED) is 0.839. The van der Waals surface area contributed by atoms with E-state index in [9.17, 15) is 4.79 Å². The number of amides is 1. The zero-order valence-electron chi connectivity index (χ0n) is 16.3. The Morgan fingerprint density at radius 3 is 2.48 bits per heavy atom. The van der Waals surface area contributed by atoms with Gasteiger partial charge in [0.25, 0.3) is 0 Å². The van der Waals surface area contributed by atoms with E-state index in [0.717, 1.165) is 50.3 Å². The lowest BCUT2D eigenvalue weighted by Gasteiger charge is -2.33. The van der Waals surface area contributed by atoms with E-state index >= 15 is 0 Å². The van der Waals surface area contributed by atoms with Gasteiger partial charge < -0.3 is 14.5 Å². The number of carbonyl (C=O) groups is 1. The van der Waals surface area contributed by atoms with Crippen LogP contribution < -0.4 is 4.74 Å². The predicted molar refractivity (Wildman–Crippen MR) is 107 cm³/mol. The van der Waals surface area contributed by atoms with Crippen molar-refractivity contribution in [2.24, 2.45) is 5.41 Å². The Morgan fingerprint density at radius 2 is 1.81 bits per heavy atom. The Kier molecular flexibility index (Phi) is 4.92. The monoisotopic (exact) mass is 364 g/mol. The summed E-state index contributed by atoms with van der Waals surface area (Å²) in [6, 6.07) is 16.5. The average Bonchev–Trinajstić information content (AvgIpc) is 2.94. The van der Waals surface area contributed by atoms with Crippen LogP contribution in [0.15, 0.2) is 48.5 Å². The lowest BCUT2D eigenvalue weighted by Crippen LogP contribution is -2.42. The minimum Gasteiger partial charge on any atom is -0.497 e. The van der Waals surface area contributed by atoms with Gasteiger partial charge in [0.15, 0.2) is 0 Å². The molecule has 1 unspecified atom stereocenters. The zero-order valence-corrected chi connectivity index (χ0v) is 16.3. The number of carbonyl (C=O) groups excluding carboxylic acids is 1. The van der Waals surface area contributed by atoms with Crippen molar-refractivity contribution >= 4 is 5.91 Å². The topological polar surface area (TPSA) is 32.8 Å². The van der Waals surface area contributed by atoms with Gasteiger partial charge in [-0.15, -0.1) is 0 Å². The summed E-state index contributed by atoms with van der Waals surface area (Å²) < 4.78 is 5.22. The molecule has 2 heterocycles. The van der Waals surface area contributed by atoms with Gasteiger partial charge in [0.05, 0.1) is 13.5 Å². The fourth-order valence-electron chi connectivity index (χ4n) is 4.65. The van der Waals surface area contributed by atoms with E-state index in [2.05, 4.69) is 41.1 Å². The van der Waals surface area contributed by atoms with Crippen molar-refractivity contribution in [1.82, 2.24) is 9.80 Å². The molecule has 0 aromatic heterocycles. The molecule has 4 rings (SSSR count). The lowest BCUT2D eigenvalue weighted by molar-refractivity contribution is -0.132. The Hall–Kier alpha value is -2.33. The second-order valence-electron chi connectivity index (χ2n) is 8.21. The number of fused-ring (bicyclic) bond motifs is 1. The molecule has 2 aromatic rings. The van der Waals surface area contributed by atoms with Crippen molar-refractivity contribution < 1.29 is 9.53 Å². The van der Waals surface area contributed by atoms with Gasteiger partial charge in [-0.3, -0.25) is 4.79 Å². The van der Waals surface area contributed by atoms with E-state index in [1.807, 2.05) is 24.3 Å². The maximum Gasteiger partial charge on any atom is 0.227 e. The zero-order chi connectivity index (χ0) is 18.9. The molecule has 1 atom stereocenters. The molecule has 0 saturated carbocycles. The summed E-state index contributed by atoms with van der Waals surface area (Å²) in [4.78, 5) is 17.7. The third kappa shape index (κ3) is 3.86. The number of nitrogens with zero attached hydrogens (tertiary/aromatic N) is 2. The maximum atomic E-state index is 13.2. The largest absolute Gasteiger partial charge is 0.497 e. The summed E-state index contributed by atoms with van der Waals surface area (Å²) in [5.74, 6) is 1.04. The highest BCUT2D eigenvalue weighted by Crippen LogP contribution is 2.38. The Labute approximate surface area is 161 Å². The molecule has 1 amide bonds. The van der Waals surface area contributed by atoms with Gasteiger partial charge in [-0.2, -0.15) is 0 Å². The first-order valence-corrected chi connectivity index (χ1v) is 9.73. The number of rotatable bonds is 3. The molecular formula is C23H28N2O2. The minimum absolute atomic E-state index is 0.178. The highest BCUT2D eigenvalue weighted by atomic mass is 16.5. The second kappa shape index (κ2) is 7.35. The van der Waals surface area contributed by atoms with Crippen LogP contribution in [0.4, 0.5) is 0 Å². The number of hydrogen-bond donors (Lipinski definition) is 0. The van der Waals surface area contributed by atoms with Gasteiger partial charge in [0.1, 0.15) is 5.75 Å². The summed E-state index contributed by atoms with van der Waals surface area (Å²) in [5.41, 5.74) is 3.92. The molecule has 0 N–H and O–H groups in total.